The summed E-state index contributed by atoms with van der Waals surface area (Å²) in [6.07, 6.45) is 3.62. The largest absolute Gasteiger partial charge is 0.444 e. The first-order valence-corrected chi connectivity index (χ1v) is 6.70. The first-order chi connectivity index (χ1) is 9.49. The number of halogens is 1. The van der Waals surface area contributed by atoms with Crippen LogP contribution in [-0.2, 0) is 16.3 Å². The summed E-state index contributed by atoms with van der Waals surface area (Å²) >= 11 is 0. The van der Waals surface area contributed by atoms with E-state index in [2.05, 4.69) is 44.0 Å². The number of rotatable bonds is 4. The van der Waals surface area contributed by atoms with E-state index in [0.29, 0.717) is 0 Å². The van der Waals surface area contributed by atoms with E-state index in [1.807, 2.05) is 6.20 Å². The number of aromatic nitrogens is 2. The smallest absolute Gasteiger partial charge is 0.304 e. The number of esters is 1. The zero-order valence-electron chi connectivity index (χ0n) is 12.8. The second kappa shape index (κ2) is 7.27. The fourth-order valence-electron chi connectivity index (χ4n) is 2.24. The minimum absolute atomic E-state index is 0. The summed E-state index contributed by atoms with van der Waals surface area (Å²) in [7, 11) is 0. The van der Waals surface area contributed by atoms with Crippen LogP contribution in [0.5, 0.6) is 0 Å². The van der Waals surface area contributed by atoms with Gasteiger partial charge in [0.25, 0.3) is 0 Å². The van der Waals surface area contributed by atoms with Crippen LogP contribution in [0.1, 0.15) is 42.1 Å². The molecule has 0 fully saturated rings. The van der Waals surface area contributed by atoms with Gasteiger partial charge in [0.05, 0.1) is 12.0 Å². The van der Waals surface area contributed by atoms with Crippen molar-refractivity contribution in [3.8, 4) is 0 Å². The fraction of sp³-hybridized carbons (Fsp3) is 0.375. The molecule has 1 aromatic carbocycles. The number of carbonyl (C=O) groups is 1. The maximum absolute atomic E-state index is 10.8. The molecule has 2 rings (SSSR count). The molecule has 1 atom stereocenters. The number of aryl methyl sites for hydroxylation is 1. The van der Waals surface area contributed by atoms with Gasteiger partial charge < -0.3 is 9.30 Å². The Kier molecular flexibility index (Phi) is 5.97. The molecule has 0 radical (unpaired) electrons. The van der Waals surface area contributed by atoms with Crippen molar-refractivity contribution < 1.29 is 9.53 Å². The lowest BCUT2D eigenvalue weighted by Crippen LogP contribution is -2.04. The summed E-state index contributed by atoms with van der Waals surface area (Å²) in [5.74, 6) is -0.0729. The molecule has 0 bridgehead atoms. The van der Waals surface area contributed by atoms with E-state index < -0.39 is 0 Å². The average molecular weight is 309 g/mol. The van der Waals surface area contributed by atoms with Gasteiger partial charge in [0.1, 0.15) is 0 Å². The van der Waals surface area contributed by atoms with E-state index in [0.717, 1.165) is 5.69 Å². The molecule has 5 heteroatoms. The lowest BCUT2D eigenvalue weighted by molar-refractivity contribution is -0.144. The van der Waals surface area contributed by atoms with Gasteiger partial charge in [0.15, 0.2) is 6.73 Å². The molecule has 1 heterocycles. The van der Waals surface area contributed by atoms with Crippen LogP contribution in [0.25, 0.3) is 0 Å². The van der Waals surface area contributed by atoms with Crippen LogP contribution < -0.4 is 0 Å². The summed E-state index contributed by atoms with van der Waals surface area (Å²) in [4.78, 5) is 15.2. The highest BCUT2D eigenvalue weighted by Crippen LogP contribution is 2.26. The third-order valence-corrected chi connectivity index (χ3v) is 3.63. The van der Waals surface area contributed by atoms with Crippen molar-refractivity contribution in [1.29, 1.82) is 0 Å². The maximum atomic E-state index is 10.8. The molecular formula is C16H21ClN2O2. The molecule has 0 N–H and O–H groups in total. The minimum Gasteiger partial charge on any atom is -0.444 e. The van der Waals surface area contributed by atoms with Gasteiger partial charge in [-0.1, -0.05) is 25.1 Å². The Bertz CT molecular complexity index is 622. The normalized spacial score (nSPS) is 11.6. The first-order valence-electron chi connectivity index (χ1n) is 6.70. The molecule has 0 unspecified atom stereocenters. The maximum Gasteiger partial charge on any atom is 0.304 e. The van der Waals surface area contributed by atoms with Crippen LogP contribution in [-0.4, -0.2) is 15.5 Å². The van der Waals surface area contributed by atoms with E-state index in [4.69, 9.17) is 4.74 Å². The summed E-state index contributed by atoms with van der Waals surface area (Å²) in [5, 5.41) is 0. The van der Waals surface area contributed by atoms with E-state index in [1.165, 1.54) is 23.6 Å². The number of hydrogen-bond donors (Lipinski definition) is 0. The number of imidazole rings is 1. The van der Waals surface area contributed by atoms with Crippen LogP contribution in [0, 0.1) is 13.8 Å². The molecule has 114 valence electrons. The zero-order valence-corrected chi connectivity index (χ0v) is 13.6. The van der Waals surface area contributed by atoms with Gasteiger partial charge in [-0.15, -0.1) is 12.4 Å². The molecule has 0 spiro atoms. The topological polar surface area (TPSA) is 44.1 Å². The summed E-state index contributed by atoms with van der Waals surface area (Å²) < 4.78 is 6.73. The van der Waals surface area contributed by atoms with E-state index in [1.54, 1.807) is 10.9 Å². The van der Waals surface area contributed by atoms with Crippen molar-refractivity contribution >= 4 is 18.4 Å². The number of carbonyl (C=O) groups excluding carboxylic acids is 1. The van der Waals surface area contributed by atoms with Crippen LogP contribution in [0.15, 0.2) is 30.7 Å². The Labute approximate surface area is 131 Å². The molecule has 0 aliphatic carbocycles. The summed E-state index contributed by atoms with van der Waals surface area (Å²) in [6, 6.07) is 6.33. The van der Waals surface area contributed by atoms with E-state index in [9.17, 15) is 4.79 Å². The predicted molar refractivity (Wildman–Crippen MR) is 84.7 cm³/mol. The third kappa shape index (κ3) is 4.08. The van der Waals surface area contributed by atoms with E-state index in [-0.39, 0.29) is 31.0 Å². The Morgan fingerprint density at radius 1 is 1.38 bits per heavy atom. The van der Waals surface area contributed by atoms with Crippen LogP contribution >= 0.6 is 12.4 Å². The Morgan fingerprint density at radius 2 is 2.10 bits per heavy atom. The molecule has 0 aliphatic rings. The second-order valence-electron chi connectivity index (χ2n) is 5.09. The standard InChI is InChI=1S/C16H20N2O2.ClH/c1-11-6-5-7-15(12(11)2)13(3)16-8-18(9-17-16)10-20-14(4)19;/h5-9,13H,10H2,1-4H3;1H/t13-;/m0./s1. The number of ether oxygens (including phenoxy) is 1. The molecule has 0 amide bonds. The average Bonchev–Trinajstić information content (AvgIpc) is 2.87. The zero-order chi connectivity index (χ0) is 14.7. The van der Waals surface area contributed by atoms with Crippen molar-refractivity contribution in [3.05, 3.63) is 53.1 Å². The van der Waals surface area contributed by atoms with Crippen molar-refractivity contribution in [3.63, 3.8) is 0 Å². The van der Waals surface area contributed by atoms with Gasteiger partial charge in [0.2, 0.25) is 0 Å². The third-order valence-electron chi connectivity index (χ3n) is 3.63. The van der Waals surface area contributed by atoms with Crippen LogP contribution in [0.4, 0.5) is 0 Å². The number of benzene rings is 1. The number of hydrogen-bond acceptors (Lipinski definition) is 3. The van der Waals surface area contributed by atoms with Gasteiger partial charge >= 0.3 is 5.97 Å². The van der Waals surface area contributed by atoms with Gasteiger partial charge in [0, 0.05) is 19.0 Å². The lowest BCUT2D eigenvalue weighted by Gasteiger charge is -2.14. The highest BCUT2D eigenvalue weighted by molar-refractivity contribution is 5.85. The van der Waals surface area contributed by atoms with Crippen molar-refractivity contribution in [2.45, 2.75) is 40.3 Å². The first kappa shape index (κ1) is 17.2. The summed E-state index contributed by atoms with van der Waals surface area (Å²) in [5.41, 5.74) is 4.84. The molecule has 1 aromatic heterocycles. The molecular weight excluding hydrogens is 288 g/mol. The van der Waals surface area contributed by atoms with Gasteiger partial charge in [-0.05, 0) is 30.5 Å². The van der Waals surface area contributed by atoms with Crippen molar-refractivity contribution in [1.82, 2.24) is 9.55 Å². The van der Waals surface area contributed by atoms with Crippen molar-refractivity contribution in [2.24, 2.45) is 0 Å². The minimum atomic E-state index is -0.289. The summed E-state index contributed by atoms with van der Waals surface area (Å²) in [6.45, 7) is 8.00. The van der Waals surface area contributed by atoms with Gasteiger partial charge in [-0.25, -0.2) is 4.98 Å². The Morgan fingerprint density at radius 3 is 2.76 bits per heavy atom. The van der Waals surface area contributed by atoms with Gasteiger partial charge in [-0.3, -0.25) is 4.79 Å². The van der Waals surface area contributed by atoms with E-state index >= 15 is 0 Å². The molecule has 0 saturated heterocycles. The van der Waals surface area contributed by atoms with Crippen LogP contribution in [0.3, 0.4) is 0 Å². The highest BCUT2D eigenvalue weighted by atomic mass is 35.5. The predicted octanol–water partition coefficient (Wildman–Crippen LogP) is 3.59. The molecule has 0 saturated carbocycles. The monoisotopic (exact) mass is 308 g/mol. The lowest BCUT2D eigenvalue weighted by atomic mass is 9.92. The second-order valence-corrected chi connectivity index (χ2v) is 5.09. The fourth-order valence-corrected chi connectivity index (χ4v) is 2.24. The van der Waals surface area contributed by atoms with Crippen LogP contribution in [0.2, 0.25) is 0 Å². The quantitative estimate of drug-likeness (QED) is 0.811. The van der Waals surface area contributed by atoms with Gasteiger partial charge in [-0.2, -0.15) is 0 Å². The molecule has 2 aromatic rings. The molecule has 0 aliphatic heterocycles. The Hall–Kier alpha value is -1.81. The Balaban J connectivity index is 0.00000220. The number of nitrogens with zero attached hydrogens (tertiary/aromatic N) is 2. The highest BCUT2D eigenvalue weighted by Gasteiger charge is 2.14. The molecule has 4 nitrogen and oxygen atoms in total. The van der Waals surface area contributed by atoms with Crippen molar-refractivity contribution in [2.75, 3.05) is 0 Å². The molecule has 21 heavy (non-hydrogen) atoms. The SMILES string of the molecule is CC(=O)OCn1cnc([C@@H](C)c2cccc(C)c2C)c1.Cl.